The highest BCUT2D eigenvalue weighted by Gasteiger charge is 2.21. The largest absolute Gasteiger partial charge is 0.354 e. The van der Waals surface area contributed by atoms with E-state index in [1.54, 1.807) is 4.90 Å². The Morgan fingerprint density at radius 2 is 2.31 bits per heavy atom. The lowest BCUT2D eigenvalue weighted by Gasteiger charge is -2.17. The molecule has 1 fully saturated rings. The lowest BCUT2D eigenvalue weighted by atomic mass is 10.3. The van der Waals surface area contributed by atoms with Gasteiger partial charge in [-0.05, 0) is 25.5 Å². The third-order valence-corrected chi connectivity index (χ3v) is 3.49. The maximum Gasteiger partial charge on any atom is 0.264 e. The Morgan fingerprint density at radius 1 is 1.50 bits per heavy atom. The minimum Gasteiger partial charge on any atom is -0.354 e. The Balaban J connectivity index is 2.11. The molecule has 16 heavy (non-hydrogen) atoms. The van der Waals surface area contributed by atoms with E-state index in [0.717, 1.165) is 11.3 Å². The van der Waals surface area contributed by atoms with E-state index >= 15 is 0 Å². The minimum atomic E-state index is -0.0703. The first kappa shape index (κ1) is 11.1. The zero-order valence-electron chi connectivity index (χ0n) is 9.16. The standard InChI is InChI=1S/C11H14N2O2S/c1-8-3-4-9(16-8)11(15)13-6-2-5-12-10(14)7-13/h3-4H,2,5-7H2,1H3,(H,12,14). The summed E-state index contributed by atoms with van der Waals surface area (Å²) in [4.78, 5) is 26.8. The average Bonchev–Trinajstić information content (AvgIpc) is 2.56. The van der Waals surface area contributed by atoms with Gasteiger partial charge in [-0.25, -0.2) is 0 Å². The van der Waals surface area contributed by atoms with Gasteiger partial charge in [0.1, 0.15) is 0 Å². The van der Waals surface area contributed by atoms with Crippen LogP contribution in [0, 0.1) is 6.92 Å². The van der Waals surface area contributed by atoms with Crippen LogP contribution in [0.3, 0.4) is 0 Å². The molecule has 0 aromatic carbocycles. The van der Waals surface area contributed by atoms with Crippen LogP contribution >= 0.6 is 11.3 Å². The van der Waals surface area contributed by atoms with Crippen molar-refractivity contribution in [3.8, 4) is 0 Å². The number of hydrogen-bond donors (Lipinski definition) is 1. The maximum atomic E-state index is 12.1. The Kier molecular flexibility index (Phi) is 3.24. The molecule has 0 unspecified atom stereocenters. The number of aryl methyl sites for hydroxylation is 1. The van der Waals surface area contributed by atoms with Crippen molar-refractivity contribution < 1.29 is 9.59 Å². The normalized spacial score (nSPS) is 16.8. The molecule has 1 aliphatic heterocycles. The van der Waals surface area contributed by atoms with Gasteiger partial charge in [0.25, 0.3) is 5.91 Å². The monoisotopic (exact) mass is 238 g/mol. The number of nitrogens with zero attached hydrogens (tertiary/aromatic N) is 1. The van der Waals surface area contributed by atoms with E-state index in [2.05, 4.69) is 5.32 Å². The molecule has 0 spiro atoms. The third-order valence-electron chi connectivity index (χ3n) is 2.50. The summed E-state index contributed by atoms with van der Waals surface area (Å²) < 4.78 is 0. The number of rotatable bonds is 1. The van der Waals surface area contributed by atoms with Gasteiger partial charge in [0, 0.05) is 18.0 Å². The molecule has 1 aromatic heterocycles. The quantitative estimate of drug-likeness (QED) is 0.794. The van der Waals surface area contributed by atoms with Crippen LogP contribution in [-0.2, 0) is 4.79 Å². The van der Waals surface area contributed by atoms with Crippen molar-refractivity contribution in [1.82, 2.24) is 10.2 Å². The first-order valence-corrected chi connectivity index (χ1v) is 6.11. The Hall–Kier alpha value is -1.36. The molecule has 1 saturated heterocycles. The number of carbonyl (C=O) groups is 2. The molecular weight excluding hydrogens is 224 g/mol. The summed E-state index contributed by atoms with van der Waals surface area (Å²) in [5, 5.41) is 2.76. The van der Waals surface area contributed by atoms with Crippen molar-refractivity contribution in [2.45, 2.75) is 13.3 Å². The van der Waals surface area contributed by atoms with Crippen molar-refractivity contribution in [2.75, 3.05) is 19.6 Å². The summed E-state index contributed by atoms with van der Waals surface area (Å²) >= 11 is 1.47. The SMILES string of the molecule is Cc1ccc(C(=O)N2CCCNC(=O)C2)s1. The predicted molar refractivity (Wildman–Crippen MR) is 62.6 cm³/mol. The van der Waals surface area contributed by atoms with Gasteiger partial charge in [0.2, 0.25) is 5.91 Å². The summed E-state index contributed by atoms with van der Waals surface area (Å²) in [6.45, 7) is 3.45. The molecule has 2 heterocycles. The fourth-order valence-electron chi connectivity index (χ4n) is 1.68. The van der Waals surface area contributed by atoms with Gasteiger partial charge < -0.3 is 10.2 Å². The van der Waals surface area contributed by atoms with Gasteiger partial charge in [-0.3, -0.25) is 9.59 Å². The highest BCUT2D eigenvalue weighted by Crippen LogP contribution is 2.17. The first-order chi connectivity index (χ1) is 7.66. The molecule has 0 radical (unpaired) electrons. The molecule has 2 amide bonds. The maximum absolute atomic E-state index is 12.1. The van der Waals surface area contributed by atoms with Gasteiger partial charge in [-0.1, -0.05) is 0 Å². The Morgan fingerprint density at radius 3 is 3.00 bits per heavy atom. The number of thiophene rings is 1. The lowest BCUT2D eigenvalue weighted by molar-refractivity contribution is -0.121. The minimum absolute atomic E-state index is 0.0323. The number of carbonyl (C=O) groups excluding carboxylic acids is 2. The lowest BCUT2D eigenvalue weighted by Crippen LogP contribution is -2.37. The third kappa shape index (κ3) is 2.41. The van der Waals surface area contributed by atoms with Gasteiger partial charge in [0.15, 0.2) is 0 Å². The zero-order chi connectivity index (χ0) is 11.5. The summed E-state index contributed by atoms with van der Waals surface area (Å²) in [7, 11) is 0. The van der Waals surface area contributed by atoms with E-state index in [9.17, 15) is 9.59 Å². The van der Waals surface area contributed by atoms with Gasteiger partial charge >= 0.3 is 0 Å². The smallest absolute Gasteiger partial charge is 0.264 e. The van der Waals surface area contributed by atoms with Crippen LogP contribution in [0.15, 0.2) is 12.1 Å². The molecule has 1 aromatic rings. The predicted octanol–water partition coefficient (Wildman–Crippen LogP) is 1.02. The molecule has 86 valence electrons. The van der Waals surface area contributed by atoms with Crippen molar-refractivity contribution in [3.63, 3.8) is 0 Å². The zero-order valence-corrected chi connectivity index (χ0v) is 9.97. The van der Waals surface area contributed by atoms with Crippen LogP contribution in [0.5, 0.6) is 0 Å². The molecule has 2 rings (SSSR count). The molecule has 1 aliphatic rings. The molecule has 5 heteroatoms. The molecule has 0 aliphatic carbocycles. The Bertz CT molecular complexity index is 414. The van der Waals surface area contributed by atoms with E-state index in [4.69, 9.17) is 0 Å². The van der Waals surface area contributed by atoms with E-state index in [-0.39, 0.29) is 18.4 Å². The fraction of sp³-hybridized carbons (Fsp3) is 0.455. The van der Waals surface area contributed by atoms with Gasteiger partial charge in [0.05, 0.1) is 11.4 Å². The topological polar surface area (TPSA) is 49.4 Å². The summed E-state index contributed by atoms with van der Waals surface area (Å²) in [6.07, 6.45) is 0.821. The van der Waals surface area contributed by atoms with E-state index in [0.29, 0.717) is 18.0 Å². The van der Waals surface area contributed by atoms with Crippen LogP contribution in [-0.4, -0.2) is 36.3 Å². The number of nitrogens with one attached hydrogen (secondary N) is 1. The van der Waals surface area contributed by atoms with Crippen molar-refractivity contribution in [2.24, 2.45) is 0 Å². The molecule has 0 bridgehead atoms. The summed E-state index contributed by atoms with van der Waals surface area (Å²) in [5.74, 6) is -0.103. The fourth-order valence-corrected chi connectivity index (χ4v) is 2.52. The van der Waals surface area contributed by atoms with Crippen molar-refractivity contribution in [1.29, 1.82) is 0 Å². The Labute approximate surface area is 98.3 Å². The second kappa shape index (κ2) is 4.65. The highest BCUT2D eigenvalue weighted by molar-refractivity contribution is 7.13. The molecule has 0 saturated carbocycles. The van der Waals surface area contributed by atoms with Crippen molar-refractivity contribution in [3.05, 3.63) is 21.9 Å². The van der Waals surface area contributed by atoms with Crippen LogP contribution < -0.4 is 5.32 Å². The molecule has 0 atom stereocenters. The van der Waals surface area contributed by atoms with E-state index < -0.39 is 0 Å². The van der Waals surface area contributed by atoms with E-state index in [1.807, 2.05) is 19.1 Å². The van der Waals surface area contributed by atoms with Gasteiger partial charge in [-0.15, -0.1) is 11.3 Å². The summed E-state index contributed by atoms with van der Waals surface area (Å²) in [5.41, 5.74) is 0. The molecular formula is C11H14N2O2S. The molecule has 1 N–H and O–H groups in total. The van der Waals surface area contributed by atoms with Crippen LogP contribution in [0.25, 0.3) is 0 Å². The second-order valence-electron chi connectivity index (χ2n) is 3.84. The summed E-state index contributed by atoms with van der Waals surface area (Å²) in [6, 6.07) is 3.75. The van der Waals surface area contributed by atoms with E-state index in [1.165, 1.54) is 11.3 Å². The second-order valence-corrected chi connectivity index (χ2v) is 5.13. The number of amides is 2. The van der Waals surface area contributed by atoms with Crippen LogP contribution in [0.1, 0.15) is 21.0 Å². The van der Waals surface area contributed by atoms with Crippen LogP contribution in [0.2, 0.25) is 0 Å². The van der Waals surface area contributed by atoms with Crippen molar-refractivity contribution >= 4 is 23.2 Å². The van der Waals surface area contributed by atoms with Gasteiger partial charge in [-0.2, -0.15) is 0 Å². The number of hydrogen-bond acceptors (Lipinski definition) is 3. The first-order valence-electron chi connectivity index (χ1n) is 5.29. The highest BCUT2D eigenvalue weighted by atomic mass is 32.1. The van der Waals surface area contributed by atoms with Crippen LogP contribution in [0.4, 0.5) is 0 Å². The average molecular weight is 238 g/mol. The molecule has 4 nitrogen and oxygen atoms in total.